The predicted molar refractivity (Wildman–Crippen MR) is 131 cm³/mol. The molecule has 0 aliphatic carbocycles. The van der Waals surface area contributed by atoms with E-state index in [1.54, 1.807) is 14.2 Å². The summed E-state index contributed by atoms with van der Waals surface area (Å²) in [7, 11) is 4.66. The molecule has 0 N–H and O–H groups in total. The van der Waals surface area contributed by atoms with Crippen molar-refractivity contribution in [1.29, 1.82) is 0 Å². The third-order valence-corrected chi connectivity index (χ3v) is 7.03. The van der Waals surface area contributed by atoms with E-state index in [2.05, 4.69) is 28.0 Å². The van der Waals surface area contributed by atoms with Gasteiger partial charge in [0.1, 0.15) is 18.4 Å². The third kappa shape index (κ3) is 5.43. The smallest absolute Gasteiger partial charge is 0.323 e. The lowest BCUT2D eigenvalue weighted by molar-refractivity contribution is -0.148. The molecule has 0 spiro atoms. The van der Waals surface area contributed by atoms with E-state index in [-0.39, 0.29) is 12.0 Å². The van der Waals surface area contributed by atoms with Crippen LogP contribution in [0.25, 0.3) is 0 Å². The van der Waals surface area contributed by atoms with E-state index >= 15 is 0 Å². The molecule has 184 valence electrons. The summed E-state index contributed by atoms with van der Waals surface area (Å²) >= 11 is 6.63. The van der Waals surface area contributed by atoms with Crippen LogP contribution in [0.5, 0.6) is 17.2 Å². The number of ether oxygens (including phenoxy) is 4. The van der Waals surface area contributed by atoms with Crippen LogP contribution >= 0.6 is 11.6 Å². The number of benzene rings is 2. The summed E-state index contributed by atoms with van der Waals surface area (Å²) in [4.78, 5) is 16.8. The molecular weight excluding hydrogens is 456 g/mol. The Labute approximate surface area is 206 Å². The maximum atomic E-state index is 12.3. The minimum atomic E-state index is -0.169. The van der Waals surface area contributed by atoms with E-state index in [0.717, 1.165) is 55.8 Å². The molecule has 0 unspecified atom stereocenters. The second-order valence-electron chi connectivity index (χ2n) is 8.78. The number of fused-ring (bicyclic) bond motifs is 1. The summed E-state index contributed by atoms with van der Waals surface area (Å²) in [5, 5.41) is 0.569. The van der Waals surface area contributed by atoms with Crippen LogP contribution in [0.15, 0.2) is 30.3 Å². The molecule has 2 aromatic rings. The minimum Gasteiger partial charge on any atom is -0.493 e. The first-order valence-electron chi connectivity index (χ1n) is 11.7. The van der Waals surface area contributed by atoms with Crippen LogP contribution < -0.4 is 14.2 Å². The lowest BCUT2D eigenvalue weighted by Gasteiger charge is -2.33. The van der Waals surface area contributed by atoms with Crippen molar-refractivity contribution in [2.24, 2.45) is 0 Å². The monoisotopic (exact) mass is 488 g/mol. The third-order valence-electron chi connectivity index (χ3n) is 6.62. The molecule has 2 aromatic carbocycles. The van der Waals surface area contributed by atoms with E-state index in [1.165, 1.54) is 12.7 Å². The van der Waals surface area contributed by atoms with E-state index in [9.17, 15) is 4.79 Å². The minimum absolute atomic E-state index is 0.143. The van der Waals surface area contributed by atoms with Crippen LogP contribution in [0.2, 0.25) is 5.02 Å². The van der Waals surface area contributed by atoms with Gasteiger partial charge in [0, 0.05) is 31.7 Å². The zero-order valence-electron chi connectivity index (χ0n) is 20.1. The van der Waals surface area contributed by atoms with Crippen LogP contribution in [0.4, 0.5) is 0 Å². The van der Waals surface area contributed by atoms with Gasteiger partial charge in [-0.05, 0) is 48.7 Å². The van der Waals surface area contributed by atoms with Gasteiger partial charge in [-0.25, -0.2) is 0 Å². The molecule has 34 heavy (non-hydrogen) atoms. The van der Waals surface area contributed by atoms with Crippen LogP contribution in [0.3, 0.4) is 0 Å². The maximum Gasteiger partial charge on any atom is 0.323 e. The van der Waals surface area contributed by atoms with Crippen LogP contribution in [0.1, 0.15) is 36.0 Å². The molecule has 0 radical (unpaired) electrons. The molecule has 1 atom stereocenters. The summed E-state index contributed by atoms with van der Waals surface area (Å²) in [5.41, 5.74) is 3.29. The van der Waals surface area contributed by atoms with Gasteiger partial charge in [0.2, 0.25) is 0 Å². The summed E-state index contributed by atoms with van der Waals surface area (Å²) in [5.74, 6) is 1.94. The highest BCUT2D eigenvalue weighted by atomic mass is 35.5. The molecule has 8 heteroatoms. The first-order chi connectivity index (χ1) is 16.5. The van der Waals surface area contributed by atoms with Gasteiger partial charge in [0.25, 0.3) is 0 Å². The van der Waals surface area contributed by atoms with Gasteiger partial charge in [-0.15, -0.1) is 0 Å². The number of hydrogen-bond acceptors (Lipinski definition) is 7. The number of hydrogen-bond donors (Lipinski definition) is 0. The molecule has 0 saturated carbocycles. The molecule has 2 heterocycles. The highest BCUT2D eigenvalue weighted by Gasteiger charge is 2.29. The summed E-state index contributed by atoms with van der Waals surface area (Å²) in [6.07, 6.45) is 3.00. The quantitative estimate of drug-likeness (QED) is 0.539. The fourth-order valence-corrected chi connectivity index (χ4v) is 5.14. The van der Waals surface area contributed by atoms with Crippen molar-refractivity contribution in [3.05, 3.63) is 52.0 Å². The Hall–Kier alpha value is -2.48. The number of carbonyl (C=O) groups is 1. The molecule has 2 aliphatic heterocycles. The van der Waals surface area contributed by atoms with Crippen molar-refractivity contribution < 1.29 is 23.7 Å². The molecule has 1 fully saturated rings. The van der Waals surface area contributed by atoms with E-state index in [4.69, 9.17) is 30.5 Å². The number of piperidine rings is 1. The average molecular weight is 489 g/mol. The fraction of sp³-hybridized carbons (Fsp3) is 0.500. The van der Waals surface area contributed by atoms with Gasteiger partial charge in [-0.1, -0.05) is 30.2 Å². The number of rotatable bonds is 7. The summed E-state index contributed by atoms with van der Waals surface area (Å²) in [6, 6.07) is 10.1. The number of methoxy groups -OCH3 is 3. The van der Waals surface area contributed by atoms with Crippen molar-refractivity contribution in [1.82, 2.24) is 9.80 Å². The zero-order chi connectivity index (χ0) is 24.1. The highest BCUT2D eigenvalue weighted by molar-refractivity contribution is 6.33. The van der Waals surface area contributed by atoms with E-state index in [0.29, 0.717) is 36.2 Å². The number of esters is 1. The Morgan fingerprint density at radius 1 is 1.09 bits per heavy atom. The topological polar surface area (TPSA) is 60.5 Å². The average Bonchev–Trinajstić information content (AvgIpc) is 3.06. The number of likely N-dealkylation sites (tertiary alicyclic amines) is 1. The van der Waals surface area contributed by atoms with Crippen molar-refractivity contribution in [3.63, 3.8) is 0 Å². The first kappa shape index (κ1) is 24.6. The van der Waals surface area contributed by atoms with Crippen molar-refractivity contribution in [3.8, 4) is 17.2 Å². The molecule has 4 rings (SSSR count). The fourth-order valence-electron chi connectivity index (χ4n) is 4.85. The molecule has 7 nitrogen and oxygen atoms in total. The zero-order valence-corrected chi connectivity index (χ0v) is 20.9. The molecular formula is C26H33ClN2O5. The lowest BCUT2D eigenvalue weighted by Crippen LogP contribution is -2.44. The van der Waals surface area contributed by atoms with Crippen LogP contribution in [-0.4, -0.2) is 62.8 Å². The highest BCUT2D eigenvalue weighted by Crippen LogP contribution is 2.38. The molecule has 0 bridgehead atoms. The van der Waals surface area contributed by atoms with Crippen molar-refractivity contribution in [2.45, 2.75) is 44.9 Å². The van der Waals surface area contributed by atoms with Crippen molar-refractivity contribution >= 4 is 17.6 Å². The number of nitrogens with zero attached hydrogens (tertiary/aromatic N) is 2. The Balaban J connectivity index is 1.50. The van der Waals surface area contributed by atoms with Crippen LogP contribution in [-0.2, 0) is 29.2 Å². The first-order valence-corrected chi connectivity index (χ1v) is 12.1. The second-order valence-corrected chi connectivity index (χ2v) is 9.16. The van der Waals surface area contributed by atoms with Gasteiger partial charge < -0.3 is 18.9 Å². The second kappa shape index (κ2) is 11.3. The lowest BCUT2D eigenvalue weighted by atomic mass is 10.0. The number of halogens is 1. The van der Waals surface area contributed by atoms with Gasteiger partial charge in [0.05, 0.1) is 26.4 Å². The van der Waals surface area contributed by atoms with Gasteiger partial charge in [0.15, 0.2) is 11.5 Å². The van der Waals surface area contributed by atoms with E-state index in [1.807, 2.05) is 12.1 Å². The molecule has 2 aliphatic rings. The van der Waals surface area contributed by atoms with Crippen LogP contribution in [0, 0.1) is 0 Å². The molecule has 1 saturated heterocycles. The largest absolute Gasteiger partial charge is 0.493 e. The summed E-state index contributed by atoms with van der Waals surface area (Å²) in [6.45, 7) is 4.42. The molecule has 0 aromatic heterocycles. The Bertz CT molecular complexity index is 1010. The maximum absolute atomic E-state index is 12.3. The Kier molecular flexibility index (Phi) is 8.19. The SMILES string of the molecule is COC(=O)[C@@H]1CCCCN1Cc1ccc2c(c1)CN(Cc1ccc(OC)c(OC)c1Cl)CCO2. The van der Waals surface area contributed by atoms with Gasteiger partial charge >= 0.3 is 5.97 Å². The summed E-state index contributed by atoms with van der Waals surface area (Å²) < 4.78 is 21.9. The van der Waals surface area contributed by atoms with Crippen molar-refractivity contribution in [2.75, 3.05) is 41.0 Å². The number of carbonyl (C=O) groups excluding carboxylic acids is 1. The normalized spacial score (nSPS) is 19.0. The predicted octanol–water partition coefficient (Wildman–Crippen LogP) is 4.28. The van der Waals surface area contributed by atoms with Gasteiger partial charge in [-0.3, -0.25) is 14.6 Å². The molecule has 0 amide bonds. The Morgan fingerprint density at radius 2 is 1.94 bits per heavy atom. The van der Waals surface area contributed by atoms with E-state index < -0.39 is 0 Å². The Morgan fingerprint density at radius 3 is 2.71 bits per heavy atom. The standard InChI is InChI=1S/C26H33ClN2O5/c1-31-23-10-8-19(24(27)25(23)32-2)16-28-12-13-34-22-9-7-18(14-20(22)17-28)15-29-11-5-4-6-21(29)26(30)33-3/h7-10,14,21H,4-6,11-13,15-17H2,1-3H3/t21-/m0/s1. The van der Waals surface area contributed by atoms with Gasteiger partial charge in [-0.2, -0.15) is 0 Å².